The first-order chi connectivity index (χ1) is 11.6. The van der Waals surface area contributed by atoms with Gasteiger partial charge in [0.15, 0.2) is 5.82 Å². The average Bonchev–Trinajstić information content (AvgIpc) is 3.37. The Morgan fingerprint density at radius 2 is 2.00 bits per heavy atom. The van der Waals surface area contributed by atoms with Crippen LogP contribution >= 0.6 is 0 Å². The summed E-state index contributed by atoms with van der Waals surface area (Å²) < 4.78 is 34.0. The second-order valence-electron chi connectivity index (χ2n) is 6.23. The smallest absolute Gasteiger partial charge is 0.217 e. The molecule has 2 heterocycles. The zero-order valence-corrected chi connectivity index (χ0v) is 14.1. The number of hydrogen-bond donors (Lipinski definition) is 0. The molecular weight excluding hydrogens is 328 g/mol. The molecule has 1 aromatic heterocycles. The maximum absolute atomic E-state index is 12.6. The number of benzene rings is 1. The lowest BCUT2D eigenvalue weighted by Crippen LogP contribution is -2.45. The molecule has 1 aliphatic carbocycles. The summed E-state index contributed by atoms with van der Waals surface area (Å²) in [6.07, 6.45) is 3.16. The molecule has 0 spiro atoms. The van der Waals surface area contributed by atoms with Crippen LogP contribution in [0.4, 0.5) is 0 Å². The van der Waals surface area contributed by atoms with Crippen molar-refractivity contribution in [1.29, 1.82) is 0 Å². The summed E-state index contributed by atoms with van der Waals surface area (Å²) in [6, 6.07) is 9.54. The Hall–Kier alpha value is -1.77. The fraction of sp³-hybridized carbons (Fsp3) is 0.500. The molecular formula is C16H20N4O3S. The number of morpholine rings is 1. The van der Waals surface area contributed by atoms with E-state index in [1.54, 1.807) is 11.0 Å². The lowest BCUT2D eigenvalue weighted by molar-refractivity contribution is 0.0288. The van der Waals surface area contributed by atoms with Crippen molar-refractivity contribution in [2.24, 2.45) is 0 Å². The molecule has 128 valence electrons. The normalized spacial score (nSPS) is 22.6. The Labute approximate surface area is 141 Å². The highest BCUT2D eigenvalue weighted by atomic mass is 32.2. The number of nitrogens with zero attached hydrogens (tertiary/aromatic N) is 4. The molecule has 1 saturated heterocycles. The van der Waals surface area contributed by atoms with Crippen LogP contribution in [0.3, 0.4) is 0 Å². The van der Waals surface area contributed by atoms with Crippen molar-refractivity contribution in [2.45, 2.75) is 30.7 Å². The van der Waals surface area contributed by atoms with Gasteiger partial charge in [-0.3, -0.25) is 0 Å². The van der Waals surface area contributed by atoms with Crippen LogP contribution in [0.15, 0.2) is 36.7 Å². The van der Waals surface area contributed by atoms with Gasteiger partial charge in [-0.25, -0.2) is 18.1 Å². The predicted molar refractivity (Wildman–Crippen MR) is 87.8 cm³/mol. The zero-order valence-electron chi connectivity index (χ0n) is 13.3. The molecule has 0 unspecified atom stereocenters. The maximum Gasteiger partial charge on any atom is 0.217 e. The fourth-order valence-electron chi connectivity index (χ4n) is 2.96. The quantitative estimate of drug-likeness (QED) is 0.811. The molecule has 4 rings (SSSR count). The first kappa shape index (κ1) is 15.7. The van der Waals surface area contributed by atoms with E-state index < -0.39 is 16.1 Å². The summed E-state index contributed by atoms with van der Waals surface area (Å²) in [5, 5.41) is 4.26. The van der Waals surface area contributed by atoms with Gasteiger partial charge in [0.2, 0.25) is 10.0 Å². The first-order valence-corrected chi connectivity index (χ1v) is 9.66. The number of hydrogen-bond acceptors (Lipinski definition) is 5. The maximum atomic E-state index is 12.6. The van der Waals surface area contributed by atoms with Crippen molar-refractivity contribution in [2.75, 3.05) is 19.8 Å². The van der Waals surface area contributed by atoms with Crippen LogP contribution in [0, 0.1) is 0 Å². The molecule has 8 heteroatoms. The van der Waals surface area contributed by atoms with Crippen molar-refractivity contribution in [1.82, 2.24) is 19.1 Å². The number of sulfonamides is 1. The number of rotatable bonds is 5. The van der Waals surface area contributed by atoms with E-state index in [4.69, 9.17) is 4.74 Å². The van der Waals surface area contributed by atoms with Gasteiger partial charge >= 0.3 is 0 Å². The van der Waals surface area contributed by atoms with E-state index in [9.17, 15) is 8.42 Å². The minimum Gasteiger partial charge on any atom is -0.378 e. The molecule has 2 aromatic rings. The summed E-state index contributed by atoms with van der Waals surface area (Å²) in [5.41, 5.74) is 1.12. The minimum absolute atomic E-state index is 0.232. The molecule has 1 atom stereocenters. The summed E-state index contributed by atoms with van der Waals surface area (Å²) in [7, 11) is -3.27. The second kappa shape index (κ2) is 6.27. The van der Waals surface area contributed by atoms with Gasteiger partial charge in [-0.05, 0) is 18.4 Å². The summed E-state index contributed by atoms with van der Waals surface area (Å²) in [5.74, 6) is 0.509. The van der Waals surface area contributed by atoms with Crippen LogP contribution < -0.4 is 0 Å². The monoisotopic (exact) mass is 348 g/mol. The van der Waals surface area contributed by atoms with Gasteiger partial charge in [0, 0.05) is 6.54 Å². The van der Waals surface area contributed by atoms with Crippen molar-refractivity contribution in [3.05, 3.63) is 48.0 Å². The van der Waals surface area contributed by atoms with E-state index >= 15 is 0 Å². The highest BCUT2D eigenvalue weighted by Gasteiger charge is 2.45. The lowest BCUT2D eigenvalue weighted by Gasteiger charge is -2.32. The molecule has 0 radical (unpaired) electrons. The zero-order chi connectivity index (χ0) is 16.6. The predicted octanol–water partition coefficient (Wildman–Crippen LogP) is 1.19. The van der Waals surface area contributed by atoms with E-state index in [0.29, 0.717) is 32.1 Å². The van der Waals surface area contributed by atoms with E-state index in [2.05, 4.69) is 10.1 Å². The van der Waals surface area contributed by atoms with Crippen LogP contribution in [0.25, 0.3) is 0 Å². The fourth-order valence-corrected chi connectivity index (χ4v) is 4.92. The van der Waals surface area contributed by atoms with Crippen molar-refractivity contribution < 1.29 is 13.2 Å². The lowest BCUT2D eigenvalue weighted by atomic mass is 10.2. The third-order valence-electron chi connectivity index (χ3n) is 4.39. The Bertz CT molecular complexity index is 802. The summed E-state index contributed by atoms with van der Waals surface area (Å²) in [4.78, 5) is 4.35. The molecule has 1 aliphatic heterocycles. The summed E-state index contributed by atoms with van der Waals surface area (Å²) >= 11 is 0. The van der Waals surface area contributed by atoms with E-state index in [1.807, 2.05) is 30.3 Å². The van der Waals surface area contributed by atoms with Crippen LogP contribution in [0.2, 0.25) is 0 Å². The minimum atomic E-state index is -3.27. The van der Waals surface area contributed by atoms with Crippen LogP contribution in [0.1, 0.15) is 30.3 Å². The molecule has 0 N–H and O–H groups in total. The van der Waals surface area contributed by atoms with Crippen LogP contribution in [-0.4, -0.2) is 52.5 Å². The first-order valence-electron chi connectivity index (χ1n) is 8.16. The topological polar surface area (TPSA) is 77.3 Å². The molecule has 24 heavy (non-hydrogen) atoms. The molecule has 0 amide bonds. The Morgan fingerprint density at radius 3 is 2.75 bits per heavy atom. The van der Waals surface area contributed by atoms with Gasteiger partial charge in [0.05, 0.1) is 25.0 Å². The van der Waals surface area contributed by atoms with E-state index in [-0.39, 0.29) is 5.25 Å². The van der Waals surface area contributed by atoms with Crippen molar-refractivity contribution in [3.63, 3.8) is 0 Å². The third-order valence-corrected chi connectivity index (χ3v) is 6.80. The van der Waals surface area contributed by atoms with Crippen molar-refractivity contribution >= 4 is 10.0 Å². The molecule has 0 bridgehead atoms. The molecule has 1 saturated carbocycles. The van der Waals surface area contributed by atoms with Crippen LogP contribution in [-0.2, 0) is 21.3 Å². The van der Waals surface area contributed by atoms with Gasteiger partial charge in [-0.2, -0.15) is 9.40 Å². The molecule has 2 aliphatic rings. The van der Waals surface area contributed by atoms with Gasteiger partial charge in [0.1, 0.15) is 12.4 Å². The number of ether oxygens (including phenoxy) is 1. The van der Waals surface area contributed by atoms with Crippen LogP contribution in [0.5, 0.6) is 0 Å². The second-order valence-corrected chi connectivity index (χ2v) is 8.40. The van der Waals surface area contributed by atoms with Gasteiger partial charge < -0.3 is 4.74 Å². The Kier molecular flexibility index (Phi) is 4.11. The average molecular weight is 348 g/mol. The standard InChI is InChI=1S/C16H20N4O3S/c21-24(22,14-6-7-14)20-8-9-23-11-15(20)16-17-12-19(18-16)10-13-4-2-1-3-5-13/h1-5,12,14-15H,6-11H2/t15-/m1/s1. The Morgan fingerprint density at radius 1 is 1.21 bits per heavy atom. The highest BCUT2D eigenvalue weighted by Crippen LogP contribution is 2.35. The van der Waals surface area contributed by atoms with E-state index in [0.717, 1.165) is 18.4 Å². The third kappa shape index (κ3) is 3.09. The highest BCUT2D eigenvalue weighted by molar-refractivity contribution is 7.90. The largest absolute Gasteiger partial charge is 0.378 e. The Balaban J connectivity index is 1.55. The molecule has 2 fully saturated rings. The molecule has 1 aromatic carbocycles. The van der Waals surface area contributed by atoms with Gasteiger partial charge in [-0.1, -0.05) is 30.3 Å². The summed E-state index contributed by atoms with van der Waals surface area (Å²) in [6.45, 7) is 1.71. The molecule has 7 nitrogen and oxygen atoms in total. The number of aromatic nitrogens is 3. The van der Waals surface area contributed by atoms with Gasteiger partial charge in [0.25, 0.3) is 0 Å². The SMILES string of the molecule is O=S(=O)(C1CC1)N1CCOC[C@@H]1c1ncn(Cc2ccccc2)n1. The van der Waals surface area contributed by atoms with Crippen molar-refractivity contribution in [3.8, 4) is 0 Å². The van der Waals surface area contributed by atoms with Gasteiger partial charge in [-0.15, -0.1) is 0 Å². The van der Waals surface area contributed by atoms with E-state index in [1.165, 1.54) is 4.31 Å².